The molecule has 21 heavy (non-hydrogen) atoms. The van der Waals surface area contributed by atoms with E-state index in [4.69, 9.17) is 4.99 Å². The number of amidine groups is 1. The molecule has 1 N–H and O–H groups in total. The van der Waals surface area contributed by atoms with E-state index in [1.54, 1.807) is 6.20 Å². The number of piperidine rings is 1. The fourth-order valence-electron chi connectivity index (χ4n) is 3.61. The molecule has 4 aliphatic rings. The summed E-state index contributed by atoms with van der Waals surface area (Å²) < 4.78 is 0.889. The Morgan fingerprint density at radius 3 is 3.05 bits per heavy atom. The van der Waals surface area contributed by atoms with Gasteiger partial charge in [0.2, 0.25) is 5.91 Å². The number of nitrogens with one attached hydrogen (secondary N) is 1. The lowest BCUT2D eigenvalue weighted by Crippen LogP contribution is -3.07. The van der Waals surface area contributed by atoms with Gasteiger partial charge in [0, 0.05) is 40.9 Å². The zero-order valence-electron chi connectivity index (χ0n) is 11.4. The topological polar surface area (TPSA) is 49.5 Å². The van der Waals surface area contributed by atoms with Crippen LogP contribution < -0.4 is 17.3 Å². The quantitative estimate of drug-likeness (QED) is 0.523. The predicted molar refractivity (Wildman–Crippen MR) is 79.4 cm³/mol. The highest BCUT2D eigenvalue weighted by Crippen LogP contribution is 2.35. The Morgan fingerprint density at radius 1 is 1.33 bits per heavy atom. The number of fused-ring (bicyclic) bond motifs is 2. The molecule has 0 aromatic heterocycles. The van der Waals surface area contributed by atoms with Gasteiger partial charge in [-0.25, -0.2) is 4.90 Å². The smallest absolute Gasteiger partial charge is 0.279 e. The molecule has 0 saturated carbocycles. The number of amides is 1. The van der Waals surface area contributed by atoms with Crippen LogP contribution >= 0.6 is 15.9 Å². The van der Waals surface area contributed by atoms with Gasteiger partial charge in [0.05, 0.1) is 12.4 Å². The lowest BCUT2D eigenvalue weighted by Gasteiger charge is -2.34. The summed E-state index contributed by atoms with van der Waals surface area (Å²) in [5, 5.41) is 0. The molecule has 0 aromatic rings. The molecule has 0 radical (unpaired) electrons. The summed E-state index contributed by atoms with van der Waals surface area (Å²) in [7, 11) is 0. The number of rotatable bonds is 1. The lowest BCUT2D eigenvalue weighted by atomic mass is 9.90. The maximum Gasteiger partial charge on any atom is 0.279 e. The molecular weight excluding hydrogens is 356 g/mol. The minimum atomic E-state index is 0. The van der Waals surface area contributed by atoms with Crippen molar-refractivity contribution in [1.29, 1.82) is 0 Å². The zero-order valence-corrected chi connectivity index (χ0v) is 13.8. The first kappa shape index (κ1) is 14.9. The standard InChI is InChI=1S/C14H15BrN4O.ClH/c15-14-17-13(11-7-16-5-6-18(11)14)9-1-2-10-3-4-12(20)19(10)8-9;/h5-7,9-10H,1-4,8H2;1H. The van der Waals surface area contributed by atoms with Gasteiger partial charge in [-0.05, 0) is 19.3 Å². The van der Waals surface area contributed by atoms with E-state index in [0.29, 0.717) is 17.9 Å². The highest BCUT2D eigenvalue weighted by atomic mass is 79.9. The third-order valence-corrected chi connectivity index (χ3v) is 5.25. The van der Waals surface area contributed by atoms with Crippen molar-refractivity contribution in [2.45, 2.75) is 31.7 Å². The highest BCUT2D eigenvalue weighted by molar-refractivity contribution is 9.18. The van der Waals surface area contributed by atoms with Gasteiger partial charge < -0.3 is 17.3 Å². The Kier molecular flexibility index (Phi) is 4.03. The number of hydrogen-bond donors (Lipinski definition) is 1. The summed E-state index contributed by atoms with van der Waals surface area (Å²) in [5.41, 5.74) is 2.22. The van der Waals surface area contributed by atoms with Crippen molar-refractivity contribution < 1.29 is 22.1 Å². The van der Waals surface area contributed by atoms with E-state index in [1.807, 2.05) is 12.4 Å². The number of nitrogens with zero attached hydrogens (tertiary/aromatic N) is 3. The molecule has 0 bridgehead atoms. The minimum absolute atomic E-state index is 0. The fraction of sp³-hybridized carbons (Fsp3) is 0.500. The summed E-state index contributed by atoms with van der Waals surface area (Å²) in [6, 6.07) is 0.474. The van der Waals surface area contributed by atoms with Crippen molar-refractivity contribution in [3.05, 3.63) is 23.8 Å². The average Bonchev–Trinajstić information content (AvgIpc) is 3.01. The number of quaternary nitrogens is 1. The maximum atomic E-state index is 11.9. The summed E-state index contributed by atoms with van der Waals surface area (Å²) in [4.78, 5) is 24.0. The first-order valence-corrected chi connectivity index (χ1v) is 7.88. The van der Waals surface area contributed by atoms with Crippen molar-refractivity contribution in [2.75, 3.05) is 6.54 Å². The second kappa shape index (κ2) is 5.66. The maximum absolute atomic E-state index is 11.9. The molecule has 4 rings (SSSR count). The third-order valence-electron chi connectivity index (χ3n) is 4.64. The van der Waals surface area contributed by atoms with Crippen LogP contribution in [0.2, 0.25) is 0 Å². The van der Waals surface area contributed by atoms with E-state index in [2.05, 4.69) is 25.8 Å². The lowest BCUT2D eigenvalue weighted by molar-refractivity contribution is -0.685. The molecule has 2 saturated heterocycles. The van der Waals surface area contributed by atoms with Crippen LogP contribution in [0, 0.1) is 5.92 Å². The number of carbonyl (C=O) groups excluding carboxylic acids is 1. The Labute approximate surface area is 138 Å². The van der Waals surface area contributed by atoms with E-state index >= 15 is 0 Å². The van der Waals surface area contributed by atoms with Crippen LogP contribution in [0.15, 0.2) is 33.8 Å². The van der Waals surface area contributed by atoms with E-state index in [-0.39, 0.29) is 12.4 Å². The molecule has 0 spiro atoms. The zero-order chi connectivity index (χ0) is 13.7. The number of carbonyl (C=O) groups is 1. The SMILES string of the molecule is O=C1CCC2CCC(C3=C4C=NC=C[NH+]4C(Br)=N3)CN12.[Cl-]. The Hall–Kier alpha value is -0.980. The first-order valence-electron chi connectivity index (χ1n) is 7.09. The number of hydrogen-bond acceptors (Lipinski definition) is 3. The molecule has 2 fully saturated rings. The second-order valence-electron chi connectivity index (χ2n) is 5.72. The van der Waals surface area contributed by atoms with Crippen LogP contribution in [0.25, 0.3) is 0 Å². The summed E-state index contributed by atoms with van der Waals surface area (Å²) in [5.74, 6) is 0.652. The Bertz CT molecular complexity index is 598. The van der Waals surface area contributed by atoms with E-state index in [0.717, 1.165) is 53.3 Å². The van der Waals surface area contributed by atoms with Gasteiger partial charge in [-0.1, -0.05) is 0 Å². The Balaban J connectivity index is 0.00000132. The minimum Gasteiger partial charge on any atom is -1.00 e. The van der Waals surface area contributed by atoms with E-state index < -0.39 is 0 Å². The van der Waals surface area contributed by atoms with Crippen LogP contribution in [0.5, 0.6) is 0 Å². The van der Waals surface area contributed by atoms with Crippen molar-refractivity contribution in [2.24, 2.45) is 15.9 Å². The fourth-order valence-corrected chi connectivity index (χ4v) is 4.14. The molecule has 4 heterocycles. The largest absolute Gasteiger partial charge is 1.00 e. The van der Waals surface area contributed by atoms with Gasteiger partial charge in [0.15, 0.2) is 5.70 Å². The third kappa shape index (κ3) is 2.39. The monoisotopic (exact) mass is 370 g/mol. The molecule has 4 aliphatic heterocycles. The molecule has 0 aromatic carbocycles. The van der Waals surface area contributed by atoms with E-state index in [9.17, 15) is 4.79 Å². The van der Waals surface area contributed by atoms with E-state index in [1.165, 1.54) is 0 Å². The molecule has 1 amide bonds. The number of allylic oxidation sites excluding steroid dienone is 1. The molecular formula is C14H16BrClN4O. The van der Waals surface area contributed by atoms with Gasteiger partial charge in [-0.3, -0.25) is 9.79 Å². The normalized spacial score (nSPS) is 33.8. The molecule has 7 heteroatoms. The molecule has 3 atom stereocenters. The van der Waals surface area contributed by atoms with Crippen LogP contribution in [0.4, 0.5) is 0 Å². The van der Waals surface area contributed by atoms with Crippen molar-refractivity contribution >= 4 is 32.8 Å². The molecule has 5 nitrogen and oxygen atoms in total. The number of halogens is 2. The average molecular weight is 372 g/mol. The van der Waals surface area contributed by atoms with Crippen LogP contribution in [0.1, 0.15) is 25.7 Å². The highest BCUT2D eigenvalue weighted by Gasteiger charge is 2.41. The van der Waals surface area contributed by atoms with Gasteiger partial charge >= 0.3 is 0 Å². The van der Waals surface area contributed by atoms with Gasteiger partial charge in [0.25, 0.3) is 4.74 Å². The molecule has 112 valence electrons. The van der Waals surface area contributed by atoms with Crippen molar-refractivity contribution in [3.8, 4) is 0 Å². The summed E-state index contributed by atoms with van der Waals surface area (Å²) >= 11 is 3.53. The molecule has 0 aliphatic carbocycles. The van der Waals surface area contributed by atoms with Crippen LogP contribution in [-0.4, -0.2) is 34.4 Å². The van der Waals surface area contributed by atoms with Gasteiger partial charge in [0.1, 0.15) is 11.9 Å². The second-order valence-corrected chi connectivity index (χ2v) is 6.47. The summed E-state index contributed by atoms with van der Waals surface area (Å²) in [6.07, 6.45) is 9.64. The van der Waals surface area contributed by atoms with Gasteiger partial charge in [-0.2, -0.15) is 4.99 Å². The van der Waals surface area contributed by atoms with Gasteiger partial charge in [-0.15, -0.1) is 0 Å². The predicted octanol–water partition coefficient (Wildman–Crippen LogP) is -2.19. The van der Waals surface area contributed by atoms with Crippen molar-refractivity contribution in [1.82, 2.24) is 4.90 Å². The first-order chi connectivity index (χ1) is 9.74. The number of aliphatic imine (C=N–C) groups is 2. The van der Waals surface area contributed by atoms with Crippen LogP contribution in [-0.2, 0) is 4.79 Å². The Morgan fingerprint density at radius 2 is 2.19 bits per heavy atom. The van der Waals surface area contributed by atoms with Crippen molar-refractivity contribution in [3.63, 3.8) is 0 Å². The summed E-state index contributed by atoms with van der Waals surface area (Å²) in [6.45, 7) is 0.816. The molecule has 3 unspecified atom stereocenters. The van der Waals surface area contributed by atoms with Crippen LogP contribution in [0.3, 0.4) is 0 Å².